The summed E-state index contributed by atoms with van der Waals surface area (Å²) in [5, 5.41) is 3.60. The molecule has 1 atom stereocenters. The summed E-state index contributed by atoms with van der Waals surface area (Å²) in [6.07, 6.45) is 0. The number of benzene rings is 1. The summed E-state index contributed by atoms with van der Waals surface area (Å²) in [6.45, 7) is 8.71. The smallest absolute Gasteiger partial charge is 0.0496 e. The molecule has 1 N–H and O–H groups in total. The Hall–Kier alpha value is -0.800. The Kier molecular flexibility index (Phi) is 4.13. The van der Waals surface area contributed by atoms with Crippen molar-refractivity contribution in [2.24, 2.45) is 0 Å². The lowest BCUT2D eigenvalue weighted by atomic mass is 10.1. The Morgan fingerprint density at radius 1 is 1.17 bits per heavy atom. The van der Waals surface area contributed by atoms with E-state index in [4.69, 9.17) is 0 Å². The van der Waals surface area contributed by atoms with Crippen molar-refractivity contribution >= 4 is 33.0 Å². The van der Waals surface area contributed by atoms with Crippen LogP contribution in [0.25, 0.3) is 0 Å². The fraction of sp³-hybridized carbons (Fsp3) is 0.333. The zero-order valence-electron chi connectivity index (χ0n) is 11.2. The molecule has 3 heteroatoms. The summed E-state index contributed by atoms with van der Waals surface area (Å²) in [4.78, 5) is 2.78. The Morgan fingerprint density at radius 2 is 1.89 bits per heavy atom. The topological polar surface area (TPSA) is 12.0 Å². The first-order valence-corrected chi connectivity index (χ1v) is 7.68. The summed E-state index contributed by atoms with van der Waals surface area (Å²) >= 11 is 5.39. The van der Waals surface area contributed by atoms with Gasteiger partial charge in [0.25, 0.3) is 0 Å². The average molecular weight is 324 g/mol. The second kappa shape index (κ2) is 5.45. The molecule has 0 fully saturated rings. The molecule has 0 bridgehead atoms. The SMILES string of the molecule is Cc1cc(C(C)Nc2cc(Br)ccc2C)c(C)s1. The molecule has 1 heterocycles. The van der Waals surface area contributed by atoms with Crippen molar-refractivity contribution in [3.8, 4) is 0 Å². The summed E-state index contributed by atoms with van der Waals surface area (Å²) in [5.41, 5.74) is 3.87. The molecular weight excluding hydrogens is 306 g/mol. The van der Waals surface area contributed by atoms with Crippen molar-refractivity contribution in [3.05, 3.63) is 49.6 Å². The van der Waals surface area contributed by atoms with Crippen LogP contribution in [-0.4, -0.2) is 0 Å². The van der Waals surface area contributed by atoms with Crippen molar-refractivity contribution in [2.45, 2.75) is 33.7 Å². The van der Waals surface area contributed by atoms with Crippen LogP contribution in [0.4, 0.5) is 5.69 Å². The normalized spacial score (nSPS) is 12.5. The van der Waals surface area contributed by atoms with Crippen LogP contribution in [0.5, 0.6) is 0 Å². The predicted octanol–water partition coefficient (Wildman–Crippen LogP) is 5.61. The number of nitrogens with one attached hydrogen (secondary N) is 1. The van der Waals surface area contributed by atoms with E-state index in [1.807, 2.05) is 11.3 Å². The molecular formula is C15H18BrNS. The molecule has 0 aliphatic carbocycles. The van der Waals surface area contributed by atoms with E-state index in [0.29, 0.717) is 6.04 Å². The number of aryl methyl sites for hydroxylation is 3. The molecule has 0 saturated heterocycles. The van der Waals surface area contributed by atoms with Gasteiger partial charge in [-0.2, -0.15) is 0 Å². The maximum absolute atomic E-state index is 3.60. The van der Waals surface area contributed by atoms with Gasteiger partial charge in [0.15, 0.2) is 0 Å². The van der Waals surface area contributed by atoms with E-state index < -0.39 is 0 Å². The molecule has 2 aromatic rings. The highest BCUT2D eigenvalue weighted by molar-refractivity contribution is 9.10. The Morgan fingerprint density at radius 3 is 2.50 bits per heavy atom. The Labute approximate surface area is 121 Å². The second-order valence-corrected chi connectivity index (χ2v) is 7.07. The van der Waals surface area contributed by atoms with Crippen LogP contribution >= 0.6 is 27.3 Å². The highest BCUT2D eigenvalue weighted by Gasteiger charge is 2.12. The molecule has 1 aromatic carbocycles. The molecule has 0 aliphatic rings. The van der Waals surface area contributed by atoms with Crippen LogP contribution in [0.15, 0.2) is 28.7 Å². The zero-order valence-corrected chi connectivity index (χ0v) is 13.6. The highest BCUT2D eigenvalue weighted by Crippen LogP contribution is 2.30. The lowest BCUT2D eigenvalue weighted by Crippen LogP contribution is -2.07. The maximum Gasteiger partial charge on any atom is 0.0496 e. The van der Waals surface area contributed by atoms with Gasteiger partial charge in [0, 0.05) is 26.0 Å². The Bertz CT molecular complexity index is 560. The largest absolute Gasteiger partial charge is 0.378 e. The van der Waals surface area contributed by atoms with Crippen LogP contribution in [-0.2, 0) is 0 Å². The third-order valence-electron chi connectivity index (χ3n) is 3.12. The van der Waals surface area contributed by atoms with E-state index in [2.05, 4.69) is 73.2 Å². The van der Waals surface area contributed by atoms with E-state index in [1.165, 1.54) is 26.6 Å². The second-order valence-electron chi connectivity index (χ2n) is 4.69. The van der Waals surface area contributed by atoms with Gasteiger partial charge in [0.1, 0.15) is 0 Å². The molecule has 0 saturated carbocycles. The highest BCUT2D eigenvalue weighted by atomic mass is 79.9. The van der Waals surface area contributed by atoms with Gasteiger partial charge in [-0.3, -0.25) is 0 Å². The quantitative estimate of drug-likeness (QED) is 0.774. The van der Waals surface area contributed by atoms with Crippen molar-refractivity contribution in [1.29, 1.82) is 0 Å². The van der Waals surface area contributed by atoms with E-state index in [0.717, 1.165) is 4.47 Å². The Balaban J connectivity index is 2.23. The third kappa shape index (κ3) is 2.96. The van der Waals surface area contributed by atoms with Gasteiger partial charge in [0.05, 0.1) is 0 Å². The first-order chi connectivity index (χ1) is 8.47. The maximum atomic E-state index is 3.60. The molecule has 0 spiro atoms. The minimum absolute atomic E-state index is 0.336. The lowest BCUT2D eigenvalue weighted by Gasteiger charge is -2.17. The summed E-state index contributed by atoms with van der Waals surface area (Å²) in [6, 6.07) is 8.96. The summed E-state index contributed by atoms with van der Waals surface area (Å²) < 4.78 is 1.11. The monoisotopic (exact) mass is 323 g/mol. The van der Waals surface area contributed by atoms with Gasteiger partial charge in [-0.05, 0) is 57.0 Å². The standard InChI is InChI=1S/C15H18BrNS/c1-9-5-6-13(16)8-15(9)17-11(3)14-7-10(2)18-12(14)4/h5-8,11,17H,1-4H3. The number of halogens is 1. The molecule has 2 rings (SSSR count). The van der Waals surface area contributed by atoms with Crippen molar-refractivity contribution in [2.75, 3.05) is 5.32 Å². The minimum atomic E-state index is 0.336. The molecule has 1 nitrogen and oxygen atoms in total. The average Bonchev–Trinajstić information content (AvgIpc) is 2.63. The van der Waals surface area contributed by atoms with Crippen LogP contribution < -0.4 is 5.32 Å². The predicted molar refractivity (Wildman–Crippen MR) is 84.7 cm³/mol. The van der Waals surface area contributed by atoms with Crippen molar-refractivity contribution < 1.29 is 0 Å². The molecule has 1 aromatic heterocycles. The molecule has 18 heavy (non-hydrogen) atoms. The third-order valence-corrected chi connectivity index (χ3v) is 4.59. The first-order valence-electron chi connectivity index (χ1n) is 6.07. The molecule has 0 radical (unpaired) electrons. The van der Waals surface area contributed by atoms with Crippen LogP contribution in [0.1, 0.15) is 33.8 Å². The van der Waals surface area contributed by atoms with Crippen LogP contribution in [0, 0.1) is 20.8 Å². The first kappa shape index (κ1) is 13.6. The van der Waals surface area contributed by atoms with Gasteiger partial charge in [0.2, 0.25) is 0 Å². The van der Waals surface area contributed by atoms with Crippen molar-refractivity contribution in [3.63, 3.8) is 0 Å². The van der Waals surface area contributed by atoms with Gasteiger partial charge in [-0.1, -0.05) is 22.0 Å². The van der Waals surface area contributed by atoms with Crippen molar-refractivity contribution in [1.82, 2.24) is 0 Å². The van der Waals surface area contributed by atoms with Crippen LogP contribution in [0.3, 0.4) is 0 Å². The number of anilines is 1. The fourth-order valence-electron chi connectivity index (χ4n) is 2.14. The lowest BCUT2D eigenvalue weighted by molar-refractivity contribution is 0.879. The number of hydrogen-bond acceptors (Lipinski definition) is 2. The summed E-state index contributed by atoms with van der Waals surface area (Å²) in [7, 11) is 0. The van der Waals surface area contributed by atoms with Gasteiger partial charge < -0.3 is 5.32 Å². The number of hydrogen-bond donors (Lipinski definition) is 1. The van der Waals surface area contributed by atoms with E-state index in [1.54, 1.807) is 0 Å². The summed E-state index contributed by atoms with van der Waals surface area (Å²) in [5.74, 6) is 0. The van der Waals surface area contributed by atoms with E-state index >= 15 is 0 Å². The van der Waals surface area contributed by atoms with E-state index in [-0.39, 0.29) is 0 Å². The molecule has 0 aliphatic heterocycles. The molecule has 1 unspecified atom stereocenters. The number of rotatable bonds is 3. The molecule has 0 amide bonds. The fourth-order valence-corrected chi connectivity index (χ4v) is 3.52. The molecule has 96 valence electrons. The van der Waals surface area contributed by atoms with E-state index in [9.17, 15) is 0 Å². The van der Waals surface area contributed by atoms with Gasteiger partial charge >= 0.3 is 0 Å². The van der Waals surface area contributed by atoms with Gasteiger partial charge in [-0.25, -0.2) is 0 Å². The zero-order chi connectivity index (χ0) is 13.3. The number of thiophene rings is 1. The van der Waals surface area contributed by atoms with Crippen LogP contribution in [0.2, 0.25) is 0 Å². The minimum Gasteiger partial charge on any atom is -0.378 e. The van der Waals surface area contributed by atoms with Gasteiger partial charge in [-0.15, -0.1) is 11.3 Å².